The van der Waals surface area contributed by atoms with Crippen LogP contribution in [0.3, 0.4) is 0 Å². The topological polar surface area (TPSA) is 55.2 Å². The van der Waals surface area contributed by atoms with Crippen molar-refractivity contribution in [3.8, 4) is 0 Å². The molecule has 0 aliphatic heterocycles. The Bertz CT molecular complexity index is 364. The SMILES string of the molecule is CCCCNCc1ccc(C)c([N+](=O)[O-])c1. The summed E-state index contributed by atoms with van der Waals surface area (Å²) in [5.74, 6) is 0. The van der Waals surface area contributed by atoms with Crippen LogP contribution in [-0.2, 0) is 6.54 Å². The maximum atomic E-state index is 10.7. The summed E-state index contributed by atoms with van der Waals surface area (Å²) in [6.07, 6.45) is 2.29. The molecule has 1 N–H and O–H groups in total. The highest BCUT2D eigenvalue weighted by Gasteiger charge is 2.10. The predicted octanol–water partition coefficient (Wildman–Crippen LogP) is 2.79. The van der Waals surface area contributed by atoms with Crippen LogP contribution in [0.1, 0.15) is 30.9 Å². The highest BCUT2D eigenvalue weighted by molar-refractivity contribution is 5.42. The molecule has 0 aromatic heterocycles. The first-order valence-corrected chi connectivity index (χ1v) is 5.59. The lowest BCUT2D eigenvalue weighted by molar-refractivity contribution is -0.385. The first kappa shape index (κ1) is 12.6. The molecule has 0 fully saturated rings. The molecule has 1 aromatic rings. The van der Waals surface area contributed by atoms with Crippen LogP contribution in [-0.4, -0.2) is 11.5 Å². The highest BCUT2D eigenvalue weighted by atomic mass is 16.6. The van der Waals surface area contributed by atoms with Gasteiger partial charge >= 0.3 is 0 Å². The molecule has 16 heavy (non-hydrogen) atoms. The molecular weight excluding hydrogens is 204 g/mol. The molecule has 0 heterocycles. The number of nitrogens with one attached hydrogen (secondary N) is 1. The Morgan fingerprint density at radius 2 is 2.19 bits per heavy atom. The minimum atomic E-state index is -0.328. The van der Waals surface area contributed by atoms with Crippen molar-refractivity contribution in [3.05, 3.63) is 39.4 Å². The van der Waals surface area contributed by atoms with E-state index in [0.717, 1.165) is 24.9 Å². The van der Waals surface area contributed by atoms with E-state index in [9.17, 15) is 10.1 Å². The van der Waals surface area contributed by atoms with Gasteiger partial charge < -0.3 is 5.32 Å². The lowest BCUT2D eigenvalue weighted by Crippen LogP contribution is -2.14. The zero-order chi connectivity index (χ0) is 12.0. The molecule has 0 bridgehead atoms. The fraction of sp³-hybridized carbons (Fsp3) is 0.500. The van der Waals surface area contributed by atoms with Gasteiger partial charge in [0.2, 0.25) is 0 Å². The van der Waals surface area contributed by atoms with Crippen LogP contribution in [0.4, 0.5) is 5.69 Å². The van der Waals surface area contributed by atoms with Gasteiger partial charge in [-0.3, -0.25) is 10.1 Å². The summed E-state index contributed by atoms with van der Waals surface area (Å²) < 4.78 is 0. The van der Waals surface area contributed by atoms with Crippen LogP contribution in [0.5, 0.6) is 0 Å². The van der Waals surface area contributed by atoms with Gasteiger partial charge in [-0.2, -0.15) is 0 Å². The molecule has 1 aromatic carbocycles. The number of benzene rings is 1. The standard InChI is InChI=1S/C12H18N2O2/c1-3-4-7-13-9-11-6-5-10(2)12(8-11)14(15)16/h5-6,8,13H,3-4,7,9H2,1-2H3. The van der Waals surface area contributed by atoms with Gasteiger partial charge in [0.1, 0.15) is 0 Å². The second-order valence-electron chi connectivity index (χ2n) is 3.91. The Kier molecular flexibility index (Phi) is 4.92. The average molecular weight is 222 g/mol. The number of unbranched alkanes of at least 4 members (excludes halogenated alkanes) is 1. The number of nitrogens with zero attached hydrogens (tertiary/aromatic N) is 1. The maximum Gasteiger partial charge on any atom is 0.272 e. The van der Waals surface area contributed by atoms with E-state index in [1.165, 1.54) is 0 Å². The van der Waals surface area contributed by atoms with Crippen molar-refractivity contribution in [2.24, 2.45) is 0 Å². The summed E-state index contributed by atoms with van der Waals surface area (Å²) in [4.78, 5) is 10.4. The quantitative estimate of drug-likeness (QED) is 0.457. The van der Waals surface area contributed by atoms with Crippen LogP contribution < -0.4 is 5.32 Å². The van der Waals surface area contributed by atoms with Crippen molar-refractivity contribution in [2.75, 3.05) is 6.54 Å². The second kappa shape index (κ2) is 6.23. The Morgan fingerprint density at radius 1 is 1.44 bits per heavy atom. The molecule has 0 spiro atoms. The molecule has 88 valence electrons. The maximum absolute atomic E-state index is 10.7. The number of hydrogen-bond donors (Lipinski definition) is 1. The Labute approximate surface area is 95.8 Å². The molecule has 0 saturated heterocycles. The molecule has 0 aliphatic rings. The Morgan fingerprint density at radius 3 is 2.81 bits per heavy atom. The Balaban J connectivity index is 2.61. The summed E-state index contributed by atoms with van der Waals surface area (Å²) in [5, 5.41) is 14.0. The van der Waals surface area contributed by atoms with Crippen molar-refractivity contribution < 1.29 is 4.92 Å². The van der Waals surface area contributed by atoms with E-state index in [-0.39, 0.29) is 10.6 Å². The number of rotatable bonds is 6. The van der Waals surface area contributed by atoms with Crippen molar-refractivity contribution in [1.29, 1.82) is 0 Å². The molecule has 4 heteroatoms. The molecule has 0 amide bonds. The van der Waals surface area contributed by atoms with Gasteiger partial charge in [0.25, 0.3) is 5.69 Å². The van der Waals surface area contributed by atoms with Crippen LogP contribution in [0.2, 0.25) is 0 Å². The zero-order valence-electron chi connectivity index (χ0n) is 9.82. The van der Waals surface area contributed by atoms with Crippen molar-refractivity contribution in [2.45, 2.75) is 33.2 Å². The summed E-state index contributed by atoms with van der Waals surface area (Å²) in [7, 11) is 0. The van der Waals surface area contributed by atoms with E-state index in [1.807, 2.05) is 6.07 Å². The fourth-order valence-corrected chi connectivity index (χ4v) is 1.50. The van der Waals surface area contributed by atoms with Crippen molar-refractivity contribution in [1.82, 2.24) is 5.32 Å². The normalized spacial score (nSPS) is 10.4. The molecule has 1 rings (SSSR count). The number of nitro benzene ring substituents is 1. The molecule has 0 aliphatic carbocycles. The highest BCUT2D eigenvalue weighted by Crippen LogP contribution is 2.18. The monoisotopic (exact) mass is 222 g/mol. The van der Waals surface area contributed by atoms with E-state index < -0.39 is 0 Å². The number of hydrogen-bond acceptors (Lipinski definition) is 3. The fourth-order valence-electron chi connectivity index (χ4n) is 1.50. The van der Waals surface area contributed by atoms with E-state index in [1.54, 1.807) is 19.1 Å². The van der Waals surface area contributed by atoms with E-state index in [4.69, 9.17) is 0 Å². The lowest BCUT2D eigenvalue weighted by atomic mass is 10.1. The van der Waals surface area contributed by atoms with Gasteiger partial charge in [-0.25, -0.2) is 0 Å². The molecule has 0 atom stereocenters. The first-order chi connectivity index (χ1) is 7.65. The van der Waals surface area contributed by atoms with Gasteiger partial charge in [0.05, 0.1) is 4.92 Å². The van der Waals surface area contributed by atoms with Gasteiger partial charge in [-0.1, -0.05) is 25.5 Å². The predicted molar refractivity (Wildman–Crippen MR) is 64.4 cm³/mol. The molecule has 0 saturated carbocycles. The summed E-state index contributed by atoms with van der Waals surface area (Å²) >= 11 is 0. The van der Waals surface area contributed by atoms with Gasteiger partial charge in [-0.05, 0) is 25.5 Å². The summed E-state index contributed by atoms with van der Waals surface area (Å²) in [6.45, 7) is 5.55. The zero-order valence-corrected chi connectivity index (χ0v) is 9.82. The van der Waals surface area contributed by atoms with E-state index in [0.29, 0.717) is 12.1 Å². The molecule has 0 unspecified atom stereocenters. The smallest absolute Gasteiger partial charge is 0.272 e. The summed E-state index contributed by atoms with van der Waals surface area (Å²) in [5.41, 5.74) is 1.88. The lowest BCUT2D eigenvalue weighted by Gasteiger charge is -2.05. The third kappa shape index (κ3) is 3.62. The van der Waals surface area contributed by atoms with Gasteiger partial charge in [-0.15, -0.1) is 0 Å². The summed E-state index contributed by atoms with van der Waals surface area (Å²) in [6, 6.07) is 5.38. The molecular formula is C12H18N2O2. The third-order valence-corrected chi connectivity index (χ3v) is 2.51. The third-order valence-electron chi connectivity index (χ3n) is 2.51. The second-order valence-corrected chi connectivity index (χ2v) is 3.91. The van der Waals surface area contributed by atoms with Gasteiger partial charge in [0.15, 0.2) is 0 Å². The van der Waals surface area contributed by atoms with E-state index >= 15 is 0 Å². The largest absolute Gasteiger partial charge is 0.313 e. The van der Waals surface area contributed by atoms with Crippen LogP contribution >= 0.6 is 0 Å². The molecule has 4 nitrogen and oxygen atoms in total. The van der Waals surface area contributed by atoms with Crippen molar-refractivity contribution >= 4 is 5.69 Å². The number of nitro groups is 1. The minimum absolute atomic E-state index is 0.204. The van der Waals surface area contributed by atoms with Crippen LogP contribution in [0, 0.1) is 17.0 Å². The number of aryl methyl sites for hydroxylation is 1. The first-order valence-electron chi connectivity index (χ1n) is 5.59. The minimum Gasteiger partial charge on any atom is -0.313 e. The van der Waals surface area contributed by atoms with E-state index in [2.05, 4.69) is 12.2 Å². The van der Waals surface area contributed by atoms with Crippen LogP contribution in [0.15, 0.2) is 18.2 Å². The van der Waals surface area contributed by atoms with Crippen molar-refractivity contribution in [3.63, 3.8) is 0 Å². The molecule has 0 radical (unpaired) electrons. The van der Waals surface area contributed by atoms with Crippen LogP contribution in [0.25, 0.3) is 0 Å². The Hall–Kier alpha value is -1.42. The average Bonchev–Trinajstić information content (AvgIpc) is 2.26. The van der Waals surface area contributed by atoms with Gasteiger partial charge in [0, 0.05) is 18.2 Å².